The van der Waals surface area contributed by atoms with E-state index >= 15 is 4.39 Å². The number of piperidine rings is 1. The maximum absolute atomic E-state index is 15.8. The normalized spacial score (nSPS) is 21.2. The van der Waals surface area contributed by atoms with Crippen molar-refractivity contribution in [1.82, 2.24) is 19.7 Å². The molecule has 1 N–H and O–H groups in total. The number of hydrogen-bond acceptors (Lipinski definition) is 4. The van der Waals surface area contributed by atoms with E-state index in [0.29, 0.717) is 66.5 Å². The lowest BCUT2D eigenvalue weighted by Crippen LogP contribution is -2.54. The molecule has 180 valence electrons. The van der Waals surface area contributed by atoms with Gasteiger partial charge in [-0.2, -0.15) is 0 Å². The van der Waals surface area contributed by atoms with Gasteiger partial charge in [0, 0.05) is 43.2 Å². The standard InChI is InChI=1S/C25H29FN4O4/c1-4-30-24(32)29-15-16-12-17(33-2)13-20(34-3)22(16)18(26)14-21(29)25(30)7-10-28(11-8-25)23(31)19-6-5-9-27-19/h5-6,9,12-14,18,27H,4,7-8,10-11,15H2,1-3H3/t18-/m0/s1. The first kappa shape index (κ1) is 22.3. The Morgan fingerprint density at radius 3 is 2.62 bits per heavy atom. The number of urea groups is 1. The fourth-order valence-electron chi connectivity index (χ4n) is 5.68. The third kappa shape index (κ3) is 3.25. The smallest absolute Gasteiger partial charge is 0.325 e. The van der Waals surface area contributed by atoms with E-state index in [1.165, 1.54) is 7.11 Å². The van der Waals surface area contributed by atoms with Crippen molar-refractivity contribution in [3.8, 4) is 11.5 Å². The van der Waals surface area contributed by atoms with Gasteiger partial charge < -0.3 is 24.3 Å². The molecule has 0 unspecified atom stereocenters. The van der Waals surface area contributed by atoms with E-state index in [4.69, 9.17) is 9.47 Å². The summed E-state index contributed by atoms with van der Waals surface area (Å²) < 4.78 is 26.7. The first-order valence-electron chi connectivity index (χ1n) is 11.6. The van der Waals surface area contributed by atoms with Crippen LogP contribution in [0.1, 0.15) is 47.6 Å². The van der Waals surface area contributed by atoms with Gasteiger partial charge in [-0.15, -0.1) is 0 Å². The Bertz CT molecular complexity index is 1140. The average molecular weight is 469 g/mol. The van der Waals surface area contributed by atoms with Crippen LogP contribution in [0.5, 0.6) is 11.5 Å². The maximum atomic E-state index is 15.8. The third-order valence-corrected chi connectivity index (χ3v) is 7.33. The Morgan fingerprint density at radius 1 is 1.24 bits per heavy atom. The molecule has 1 aromatic heterocycles. The SMILES string of the molecule is CCN1C(=O)N2Cc3cc(OC)cc(OC)c3[C@@H](F)C=C2C12CCN(C(=O)c1ccc[nH]1)CC2. The summed E-state index contributed by atoms with van der Waals surface area (Å²) in [7, 11) is 3.05. The number of alkyl halides is 1. The van der Waals surface area contributed by atoms with Gasteiger partial charge in [-0.1, -0.05) is 0 Å². The number of aromatic nitrogens is 1. The lowest BCUT2D eigenvalue weighted by Gasteiger charge is -2.44. The summed E-state index contributed by atoms with van der Waals surface area (Å²) in [4.78, 5) is 34.7. The summed E-state index contributed by atoms with van der Waals surface area (Å²) in [5, 5.41) is 0. The minimum Gasteiger partial charge on any atom is -0.497 e. The fourth-order valence-corrected chi connectivity index (χ4v) is 5.68. The van der Waals surface area contributed by atoms with E-state index in [1.54, 1.807) is 53.4 Å². The summed E-state index contributed by atoms with van der Waals surface area (Å²) in [6.07, 6.45) is 2.95. The van der Waals surface area contributed by atoms with Crippen LogP contribution in [0.2, 0.25) is 0 Å². The molecule has 1 atom stereocenters. The maximum Gasteiger partial charge on any atom is 0.325 e. The zero-order valence-electron chi connectivity index (χ0n) is 19.6. The second kappa shape index (κ2) is 8.38. The molecule has 9 heteroatoms. The number of amides is 3. The molecule has 0 bridgehead atoms. The topological polar surface area (TPSA) is 78.1 Å². The van der Waals surface area contributed by atoms with Crippen LogP contribution in [0.4, 0.5) is 9.18 Å². The Hall–Kier alpha value is -3.49. The molecule has 5 rings (SSSR count). The molecule has 8 nitrogen and oxygen atoms in total. The van der Waals surface area contributed by atoms with Crippen molar-refractivity contribution in [2.24, 2.45) is 0 Å². The van der Waals surface area contributed by atoms with Crippen LogP contribution in [-0.4, -0.2) is 71.0 Å². The van der Waals surface area contributed by atoms with E-state index in [9.17, 15) is 9.59 Å². The molecule has 1 spiro atoms. The molecule has 3 aliphatic heterocycles. The zero-order valence-corrected chi connectivity index (χ0v) is 19.6. The average Bonchev–Trinajstić information content (AvgIpc) is 3.42. The summed E-state index contributed by atoms with van der Waals surface area (Å²) in [6, 6.07) is 6.85. The minimum absolute atomic E-state index is 0.0634. The van der Waals surface area contributed by atoms with E-state index in [0.717, 1.165) is 0 Å². The van der Waals surface area contributed by atoms with Crippen molar-refractivity contribution in [3.63, 3.8) is 0 Å². The number of allylic oxidation sites excluding steroid dienone is 1. The van der Waals surface area contributed by atoms with E-state index in [1.807, 2.05) is 11.8 Å². The van der Waals surface area contributed by atoms with Gasteiger partial charge in [0.25, 0.3) is 5.91 Å². The molecule has 4 heterocycles. The van der Waals surface area contributed by atoms with Crippen LogP contribution in [0, 0.1) is 0 Å². The van der Waals surface area contributed by atoms with Gasteiger partial charge in [-0.05, 0) is 49.6 Å². The first-order chi connectivity index (χ1) is 16.4. The number of likely N-dealkylation sites (tertiary alicyclic amines) is 1. The number of ether oxygens (including phenoxy) is 2. The number of nitrogens with one attached hydrogen (secondary N) is 1. The van der Waals surface area contributed by atoms with Crippen molar-refractivity contribution < 1.29 is 23.5 Å². The van der Waals surface area contributed by atoms with Crippen LogP contribution in [0.25, 0.3) is 0 Å². The van der Waals surface area contributed by atoms with Crippen molar-refractivity contribution in [2.45, 2.75) is 38.0 Å². The number of aromatic amines is 1. The molecule has 1 aromatic carbocycles. The second-order valence-electron chi connectivity index (χ2n) is 8.88. The number of nitrogens with zero attached hydrogens (tertiary/aromatic N) is 3. The van der Waals surface area contributed by atoms with Crippen LogP contribution >= 0.6 is 0 Å². The fraction of sp³-hybridized carbons (Fsp3) is 0.440. The number of hydrogen-bond donors (Lipinski definition) is 1. The highest BCUT2D eigenvalue weighted by atomic mass is 19.1. The number of likely N-dealkylation sites (N-methyl/N-ethyl adjacent to an activating group) is 1. The van der Waals surface area contributed by atoms with E-state index < -0.39 is 11.7 Å². The van der Waals surface area contributed by atoms with Crippen LogP contribution in [0.3, 0.4) is 0 Å². The number of rotatable bonds is 4. The van der Waals surface area contributed by atoms with Gasteiger partial charge in [-0.3, -0.25) is 9.69 Å². The number of benzene rings is 1. The largest absolute Gasteiger partial charge is 0.497 e. The van der Waals surface area contributed by atoms with Gasteiger partial charge in [0.1, 0.15) is 23.4 Å². The molecule has 34 heavy (non-hydrogen) atoms. The molecular formula is C25H29FN4O4. The van der Waals surface area contributed by atoms with Crippen molar-refractivity contribution in [1.29, 1.82) is 0 Å². The summed E-state index contributed by atoms with van der Waals surface area (Å²) in [6.45, 7) is 3.64. The third-order valence-electron chi connectivity index (χ3n) is 7.33. The van der Waals surface area contributed by atoms with E-state index in [-0.39, 0.29) is 18.5 Å². The molecule has 0 saturated carbocycles. The molecular weight excluding hydrogens is 439 g/mol. The zero-order chi connectivity index (χ0) is 24.0. The highest BCUT2D eigenvalue weighted by Crippen LogP contribution is 2.49. The molecule has 0 radical (unpaired) electrons. The number of halogens is 1. The van der Waals surface area contributed by atoms with Crippen LogP contribution < -0.4 is 9.47 Å². The van der Waals surface area contributed by atoms with Crippen molar-refractivity contribution in [2.75, 3.05) is 33.9 Å². The first-order valence-corrected chi connectivity index (χ1v) is 11.6. The quantitative estimate of drug-likeness (QED) is 0.739. The van der Waals surface area contributed by atoms with Crippen molar-refractivity contribution in [3.05, 3.63) is 59.1 Å². The second-order valence-corrected chi connectivity index (χ2v) is 8.88. The monoisotopic (exact) mass is 468 g/mol. The van der Waals surface area contributed by atoms with Gasteiger partial charge in [0.05, 0.1) is 26.3 Å². The highest BCUT2D eigenvalue weighted by molar-refractivity contribution is 5.92. The Kier molecular flexibility index (Phi) is 5.50. The van der Waals surface area contributed by atoms with Gasteiger partial charge in [-0.25, -0.2) is 9.18 Å². The van der Waals surface area contributed by atoms with Gasteiger partial charge in [0.2, 0.25) is 0 Å². The van der Waals surface area contributed by atoms with Crippen LogP contribution in [-0.2, 0) is 6.54 Å². The predicted octanol–water partition coefficient (Wildman–Crippen LogP) is 3.87. The van der Waals surface area contributed by atoms with Crippen molar-refractivity contribution >= 4 is 11.9 Å². The highest BCUT2D eigenvalue weighted by Gasteiger charge is 2.55. The molecule has 2 fully saturated rings. The molecule has 3 aliphatic rings. The lowest BCUT2D eigenvalue weighted by atomic mass is 9.82. The van der Waals surface area contributed by atoms with E-state index in [2.05, 4.69) is 4.98 Å². The molecule has 2 saturated heterocycles. The van der Waals surface area contributed by atoms with Gasteiger partial charge >= 0.3 is 6.03 Å². The molecule has 3 amide bonds. The number of carbonyl (C=O) groups is 2. The number of methoxy groups -OCH3 is 2. The Balaban J connectivity index is 1.51. The predicted molar refractivity (Wildman–Crippen MR) is 123 cm³/mol. The van der Waals surface area contributed by atoms with Crippen LogP contribution in [0.15, 0.2) is 42.2 Å². The number of carbonyl (C=O) groups excluding carboxylic acids is 2. The summed E-state index contributed by atoms with van der Waals surface area (Å²) in [5.41, 5.74) is 1.66. The number of H-pyrrole nitrogens is 1. The Morgan fingerprint density at radius 2 is 2.00 bits per heavy atom. The Labute approximate surface area is 197 Å². The summed E-state index contributed by atoms with van der Waals surface area (Å²) >= 11 is 0. The summed E-state index contributed by atoms with van der Waals surface area (Å²) in [5.74, 6) is 0.891. The minimum atomic E-state index is -1.43. The molecule has 2 aromatic rings. The number of fused-ring (bicyclic) bond motifs is 3. The molecule has 0 aliphatic carbocycles. The van der Waals surface area contributed by atoms with Gasteiger partial charge in [0.15, 0.2) is 0 Å². The lowest BCUT2D eigenvalue weighted by molar-refractivity contribution is 0.0570.